The van der Waals surface area contributed by atoms with Gasteiger partial charge in [0, 0.05) is 4.88 Å². The van der Waals surface area contributed by atoms with Crippen molar-refractivity contribution in [2.24, 2.45) is 0 Å². The highest BCUT2D eigenvalue weighted by Gasteiger charge is 2.16. The maximum atomic E-state index is 5.64. The maximum Gasteiger partial charge on any atom is 0.173 e. The van der Waals surface area contributed by atoms with Crippen LogP contribution in [0.15, 0.2) is 12.1 Å². The summed E-state index contributed by atoms with van der Waals surface area (Å²) in [5.41, 5.74) is 0.247. The first kappa shape index (κ1) is 11.6. The summed E-state index contributed by atoms with van der Waals surface area (Å²) < 4.78 is 5.64. The van der Waals surface area contributed by atoms with Crippen LogP contribution < -0.4 is 4.74 Å². The first-order chi connectivity index (χ1) is 6.54. The van der Waals surface area contributed by atoms with Crippen LogP contribution in [0.2, 0.25) is 0 Å². The highest BCUT2D eigenvalue weighted by atomic mass is 32.1. The first-order valence-corrected chi connectivity index (χ1v) is 6.09. The van der Waals surface area contributed by atoms with Gasteiger partial charge in [-0.1, -0.05) is 34.1 Å². The normalized spacial score (nSPS) is 11.7. The monoisotopic (exact) mass is 212 g/mol. The molecule has 0 aliphatic heterocycles. The van der Waals surface area contributed by atoms with Crippen molar-refractivity contribution in [3.8, 4) is 5.06 Å². The molecule has 1 aromatic heterocycles. The minimum absolute atomic E-state index is 0.247. The minimum atomic E-state index is 0.247. The molecule has 1 rings (SSSR count). The van der Waals surface area contributed by atoms with Crippen LogP contribution in [0.3, 0.4) is 0 Å². The van der Waals surface area contributed by atoms with Crippen LogP contribution in [0.4, 0.5) is 0 Å². The van der Waals surface area contributed by atoms with Crippen molar-refractivity contribution in [1.82, 2.24) is 0 Å². The average Bonchev–Trinajstić information content (AvgIpc) is 2.52. The minimum Gasteiger partial charge on any atom is -0.484 e. The molecule has 0 N–H and O–H groups in total. The summed E-state index contributed by atoms with van der Waals surface area (Å²) in [4.78, 5) is 1.39. The Morgan fingerprint density at radius 1 is 1.29 bits per heavy atom. The van der Waals surface area contributed by atoms with Crippen molar-refractivity contribution in [2.45, 2.75) is 46.0 Å². The van der Waals surface area contributed by atoms with Crippen LogP contribution in [-0.4, -0.2) is 6.61 Å². The molecular weight excluding hydrogens is 192 g/mol. The second-order valence-electron chi connectivity index (χ2n) is 4.57. The fourth-order valence-corrected chi connectivity index (χ4v) is 2.06. The quantitative estimate of drug-likeness (QED) is 0.679. The molecule has 80 valence electrons. The molecular formula is C12H20OS. The van der Waals surface area contributed by atoms with E-state index < -0.39 is 0 Å². The van der Waals surface area contributed by atoms with Gasteiger partial charge in [-0.3, -0.25) is 0 Å². The van der Waals surface area contributed by atoms with Crippen LogP contribution in [0.1, 0.15) is 45.4 Å². The molecule has 0 saturated heterocycles. The molecule has 0 fully saturated rings. The number of hydrogen-bond acceptors (Lipinski definition) is 2. The molecule has 0 spiro atoms. The van der Waals surface area contributed by atoms with E-state index in [-0.39, 0.29) is 5.41 Å². The lowest BCUT2D eigenvalue weighted by molar-refractivity contribution is 0.318. The van der Waals surface area contributed by atoms with E-state index in [2.05, 4.69) is 39.8 Å². The lowest BCUT2D eigenvalue weighted by Gasteiger charge is -2.15. The van der Waals surface area contributed by atoms with Gasteiger partial charge in [0.1, 0.15) is 0 Å². The predicted octanol–water partition coefficient (Wildman–Crippen LogP) is 4.22. The summed E-state index contributed by atoms with van der Waals surface area (Å²) in [5, 5.41) is 1.06. The Morgan fingerprint density at radius 3 is 2.50 bits per heavy atom. The summed E-state index contributed by atoms with van der Waals surface area (Å²) in [7, 11) is 0. The van der Waals surface area contributed by atoms with Gasteiger partial charge in [-0.05, 0) is 24.0 Å². The van der Waals surface area contributed by atoms with Crippen molar-refractivity contribution in [3.05, 3.63) is 17.0 Å². The summed E-state index contributed by atoms with van der Waals surface area (Å²) in [6.45, 7) is 9.72. The molecule has 0 aromatic carbocycles. The molecule has 0 aliphatic rings. The second kappa shape index (κ2) is 4.83. The zero-order valence-electron chi connectivity index (χ0n) is 9.59. The molecule has 1 nitrogen and oxygen atoms in total. The van der Waals surface area contributed by atoms with E-state index in [4.69, 9.17) is 4.74 Å². The molecule has 2 heteroatoms. The first-order valence-electron chi connectivity index (χ1n) is 5.27. The average molecular weight is 212 g/mol. The van der Waals surface area contributed by atoms with Gasteiger partial charge < -0.3 is 4.74 Å². The van der Waals surface area contributed by atoms with Crippen molar-refractivity contribution < 1.29 is 4.74 Å². The molecule has 0 unspecified atom stereocenters. The van der Waals surface area contributed by atoms with Crippen molar-refractivity contribution in [3.63, 3.8) is 0 Å². The van der Waals surface area contributed by atoms with Crippen molar-refractivity contribution in [2.75, 3.05) is 6.61 Å². The van der Waals surface area contributed by atoms with Gasteiger partial charge in [0.25, 0.3) is 0 Å². The Bertz CT molecular complexity index is 270. The van der Waals surface area contributed by atoms with Crippen molar-refractivity contribution >= 4 is 11.3 Å². The SMILES string of the molecule is CCCCOc1ccc(C(C)(C)C)s1. The third kappa shape index (κ3) is 3.33. The van der Waals surface area contributed by atoms with E-state index in [1.54, 1.807) is 11.3 Å². The second-order valence-corrected chi connectivity index (χ2v) is 5.62. The highest BCUT2D eigenvalue weighted by Crippen LogP contribution is 2.33. The lowest BCUT2D eigenvalue weighted by atomic mass is 9.95. The van der Waals surface area contributed by atoms with Crippen LogP contribution >= 0.6 is 11.3 Å². The van der Waals surface area contributed by atoms with E-state index in [9.17, 15) is 0 Å². The molecule has 0 saturated carbocycles. The van der Waals surface area contributed by atoms with E-state index in [1.165, 1.54) is 11.3 Å². The van der Waals surface area contributed by atoms with E-state index in [0.717, 1.165) is 18.1 Å². The van der Waals surface area contributed by atoms with Crippen LogP contribution in [0.5, 0.6) is 5.06 Å². The van der Waals surface area contributed by atoms with Gasteiger partial charge in [0.2, 0.25) is 0 Å². The highest BCUT2D eigenvalue weighted by molar-refractivity contribution is 7.14. The molecule has 14 heavy (non-hydrogen) atoms. The van der Waals surface area contributed by atoms with Crippen molar-refractivity contribution in [1.29, 1.82) is 0 Å². The fraction of sp³-hybridized carbons (Fsp3) is 0.667. The third-order valence-corrected chi connectivity index (χ3v) is 3.49. The lowest BCUT2D eigenvalue weighted by Crippen LogP contribution is -2.07. The summed E-state index contributed by atoms with van der Waals surface area (Å²) in [6.07, 6.45) is 2.33. The topological polar surface area (TPSA) is 9.23 Å². The van der Waals surface area contributed by atoms with E-state index in [0.29, 0.717) is 0 Å². The maximum absolute atomic E-state index is 5.64. The molecule has 0 radical (unpaired) electrons. The largest absolute Gasteiger partial charge is 0.484 e. The number of unbranched alkanes of at least 4 members (excludes halogenated alkanes) is 1. The molecule has 0 atom stereocenters. The van der Waals surface area contributed by atoms with E-state index >= 15 is 0 Å². The number of hydrogen-bond donors (Lipinski definition) is 0. The zero-order chi connectivity index (χ0) is 10.6. The Morgan fingerprint density at radius 2 is 2.00 bits per heavy atom. The van der Waals surface area contributed by atoms with Gasteiger partial charge in [0.05, 0.1) is 6.61 Å². The summed E-state index contributed by atoms with van der Waals surface area (Å²) >= 11 is 1.77. The zero-order valence-corrected chi connectivity index (χ0v) is 10.4. The molecule has 0 bridgehead atoms. The van der Waals surface area contributed by atoms with Gasteiger partial charge >= 0.3 is 0 Å². The Balaban J connectivity index is 2.51. The Labute approximate surface area is 91.1 Å². The molecule has 1 heterocycles. The van der Waals surface area contributed by atoms with Gasteiger partial charge in [0.15, 0.2) is 5.06 Å². The predicted molar refractivity (Wildman–Crippen MR) is 63.4 cm³/mol. The summed E-state index contributed by atoms with van der Waals surface area (Å²) in [5.74, 6) is 0. The van der Waals surface area contributed by atoms with Crippen LogP contribution in [0.25, 0.3) is 0 Å². The van der Waals surface area contributed by atoms with Gasteiger partial charge in [-0.15, -0.1) is 11.3 Å². The number of thiophene rings is 1. The van der Waals surface area contributed by atoms with Gasteiger partial charge in [-0.2, -0.15) is 0 Å². The van der Waals surface area contributed by atoms with E-state index in [1.807, 2.05) is 0 Å². The summed E-state index contributed by atoms with van der Waals surface area (Å²) in [6, 6.07) is 4.26. The number of rotatable bonds is 4. The number of ether oxygens (including phenoxy) is 1. The fourth-order valence-electron chi connectivity index (χ4n) is 1.12. The Hall–Kier alpha value is -0.500. The molecule has 1 aromatic rings. The van der Waals surface area contributed by atoms with Crippen LogP contribution in [0, 0.1) is 0 Å². The third-order valence-electron chi connectivity index (χ3n) is 2.06. The van der Waals surface area contributed by atoms with Gasteiger partial charge in [-0.25, -0.2) is 0 Å². The Kier molecular flexibility index (Phi) is 3.99. The smallest absolute Gasteiger partial charge is 0.173 e. The molecule has 0 amide bonds. The molecule has 0 aliphatic carbocycles. The standard InChI is InChI=1S/C12H20OS/c1-5-6-9-13-11-8-7-10(14-11)12(2,3)4/h7-8H,5-6,9H2,1-4H3. The van der Waals surface area contributed by atoms with Crippen LogP contribution in [-0.2, 0) is 5.41 Å².